The van der Waals surface area contributed by atoms with Crippen molar-refractivity contribution in [3.8, 4) is 5.75 Å². The number of amides is 1. The van der Waals surface area contributed by atoms with Gasteiger partial charge in [0.05, 0.1) is 31.1 Å². The molecule has 43 heavy (non-hydrogen) atoms. The first-order chi connectivity index (χ1) is 20.9. The molecule has 0 unspecified atom stereocenters. The molecule has 0 atom stereocenters. The van der Waals surface area contributed by atoms with Gasteiger partial charge in [0.1, 0.15) is 36.4 Å². The molecule has 12 nitrogen and oxygen atoms in total. The second-order valence-electron chi connectivity index (χ2n) is 9.47. The Morgan fingerprint density at radius 3 is 2.26 bits per heavy atom. The number of carbonyl (C=O) groups excluding carboxylic acids is 1. The zero-order chi connectivity index (χ0) is 32.0. The third kappa shape index (κ3) is 14.4. The average molecular weight is 604 g/mol. The Bertz CT molecular complexity index is 1040. The Labute approximate surface area is 257 Å². The van der Waals surface area contributed by atoms with Crippen molar-refractivity contribution in [3.05, 3.63) is 36.2 Å². The van der Waals surface area contributed by atoms with Crippen LogP contribution in [0.2, 0.25) is 0 Å². The topological polar surface area (TPSA) is 137 Å². The van der Waals surface area contributed by atoms with Crippen LogP contribution in [0.5, 0.6) is 5.75 Å². The molecule has 4 rings (SSSR count). The number of ether oxygens (including phenoxy) is 3. The van der Waals surface area contributed by atoms with E-state index in [1.807, 2.05) is 60.6 Å². The van der Waals surface area contributed by atoms with Crippen LogP contribution in [-0.4, -0.2) is 92.4 Å². The number of nitrogens with zero attached hydrogens (tertiary/aromatic N) is 5. The lowest BCUT2D eigenvalue weighted by Crippen LogP contribution is -2.39. The quantitative estimate of drug-likeness (QED) is 0.297. The van der Waals surface area contributed by atoms with Crippen LogP contribution in [0.25, 0.3) is 0 Å². The highest BCUT2D eigenvalue weighted by Gasteiger charge is 2.25. The van der Waals surface area contributed by atoms with E-state index in [1.165, 1.54) is 12.5 Å². The Kier molecular flexibility index (Phi) is 19.1. The van der Waals surface area contributed by atoms with Crippen LogP contribution in [0.15, 0.2) is 35.7 Å². The second-order valence-corrected chi connectivity index (χ2v) is 9.47. The number of hydrogen-bond donors (Lipinski definition) is 2. The summed E-state index contributed by atoms with van der Waals surface area (Å²) < 4.78 is 16.3. The number of morpholine rings is 1. The summed E-state index contributed by atoms with van der Waals surface area (Å²) in [6.45, 7) is 19.6. The lowest BCUT2D eigenvalue weighted by Gasteiger charge is -2.33. The smallest absolute Gasteiger partial charge is 0.411 e. The Morgan fingerprint density at radius 1 is 1.09 bits per heavy atom. The summed E-state index contributed by atoms with van der Waals surface area (Å²) in [6, 6.07) is 7.20. The minimum Gasteiger partial charge on any atom is -0.491 e. The summed E-state index contributed by atoms with van der Waals surface area (Å²) in [5, 5.41) is 6.65. The first kappa shape index (κ1) is 37.4. The van der Waals surface area contributed by atoms with Gasteiger partial charge < -0.3 is 34.6 Å². The largest absolute Gasteiger partial charge is 0.491 e. The molecule has 0 spiro atoms. The van der Waals surface area contributed by atoms with Crippen LogP contribution >= 0.6 is 0 Å². The summed E-state index contributed by atoms with van der Waals surface area (Å²) in [4.78, 5) is 30.1. The van der Waals surface area contributed by atoms with Gasteiger partial charge in [0.2, 0.25) is 0 Å². The third-order valence-corrected chi connectivity index (χ3v) is 6.00. The number of nitrogens with two attached hydrogens (primary N) is 1. The maximum absolute atomic E-state index is 12.3. The van der Waals surface area contributed by atoms with Crippen molar-refractivity contribution in [2.24, 2.45) is 5.16 Å². The molecule has 1 amide bonds. The van der Waals surface area contributed by atoms with Crippen molar-refractivity contribution in [2.75, 3.05) is 69.0 Å². The number of carbonyl (C=O) groups is 1. The Hall–Kier alpha value is -3.64. The van der Waals surface area contributed by atoms with Crippen molar-refractivity contribution in [1.82, 2.24) is 14.9 Å². The molecule has 0 radical (unpaired) electrons. The van der Waals surface area contributed by atoms with E-state index in [9.17, 15) is 4.79 Å². The number of nitrogen functional groups attached to an aromatic ring is 1. The molecule has 3 N–H and O–H groups in total. The molecule has 1 aromatic heterocycles. The van der Waals surface area contributed by atoms with E-state index in [0.717, 1.165) is 32.1 Å². The number of anilines is 3. The van der Waals surface area contributed by atoms with Gasteiger partial charge in [-0.15, -0.1) is 0 Å². The maximum atomic E-state index is 12.3. The molecule has 2 aliphatic rings. The highest BCUT2D eigenvalue weighted by Crippen LogP contribution is 2.25. The lowest BCUT2D eigenvalue weighted by atomic mass is 10.1. The average Bonchev–Trinajstić information content (AvgIpc) is 3.02. The van der Waals surface area contributed by atoms with Gasteiger partial charge in [0.25, 0.3) is 0 Å². The molecular formula is C31H53N7O5. The van der Waals surface area contributed by atoms with E-state index in [2.05, 4.69) is 37.3 Å². The molecule has 1 aromatic carbocycles. The van der Waals surface area contributed by atoms with E-state index < -0.39 is 6.09 Å². The lowest BCUT2D eigenvalue weighted by molar-refractivity contribution is 0.0503. The molecule has 0 aliphatic carbocycles. The van der Waals surface area contributed by atoms with Crippen LogP contribution < -0.4 is 20.7 Å². The molecule has 242 valence electrons. The van der Waals surface area contributed by atoms with Gasteiger partial charge in [-0.2, -0.15) is 0 Å². The Morgan fingerprint density at radius 2 is 1.72 bits per heavy atom. The number of likely N-dealkylation sites (N-methyl/N-ethyl adjacent to an activating group) is 1. The fraction of sp³-hybridized carbons (Fsp3) is 0.613. The van der Waals surface area contributed by atoms with Crippen molar-refractivity contribution < 1.29 is 23.8 Å². The first-order valence-electron chi connectivity index (χ1n) is 15.4. The first-order valence-corrected chi connectivity index (χ1v) is 15.4. The zero-order valence-electron chi connectivity index (χ0n) is 27.3. The molecular weight excluding hydrogens is 550 g/mol. The van der Waals surface area contributed by atoms with Gasteiger partial charge in [-0.3, -0.25) is 5.32 Å². The minimum atomic E-state index is -0.475. The van der Waals surface area contributed by atoms with Crippen molar-refractivity contribution in [3.63, 3.8) is 0 Å². The van der Waals surface area contributed by atoms with Gasteiger partial charge in [0, 0.05) is 44.7 Å². The van der Waals surface area contributed by atoms with Crippen molar-refractivity contribution in [2.45, 2.75) is 73.5 Å². The number of piperidine rings is 1. The van der Waals surface area contributed by atoms with Gasteiger partial charge >= 0.3 is 6.09 Å². The number of rotatable bonds is 8. The van der Waals surface area contributed by atoms with E-state index in [1.54, 1.807) is 12.1 Å². The molecule has 2 fully saturated rings. The fourth-order valence-electron chi connectivity index (χ4n) is 3.97. The molecule has 0 bridgehead atoms. The van der Waals surface area contributed by atoms with Gasteiger partial charge in [-0.25, -0.2) is 14.8 Å². The van der Waals surface area contributed by atoms with E-state index in [4.69, 9.17) is 24.8 Å². The summed E-state index contributed by atoms with van der Waals surface area (Å²) in [6.07, 6.45) is 3.72. The van der Waals surface area contributed by atoms with Crippen molar-refractivity contribution in [1.29, 1.82) is 0 Å². The fourth-order valence-corrected chi connectivity index (χ4v) is 3.97. The monoisotopic (exact) mass is 603 g/mol. The maximum Gasteiger partial charge on any atom is 0.411 e. The van der Waals surface area contributed by atoms with Crippen LogP contribution in [-0.2, 0) is 14.3 Å². The molecule has 0 saturated carbocycles. The SMILES string of the molecule is CC.CC.CCO/N=C/c1c(N)ncnc1N1CCC(OC(=O)Nc2ccc(OC(C)C)cc2)CC1.CN1CCOCC1. The minimum absolute atomic E-state index is 0.0940. The summed E-state index contributed by atoms with van der Waals surface area (Å²) >= 11 is 0. The number of benzene rings is 1. The summed E-state index contributed by atoms with van der Waals surface area (Å²) in [5.41, 5.74) is 7.26. The Balaban J connectivity index is 0.000000717. The van der Waals surface area contributed by atoms with Crippen LogP contribution in [0.4, 0.5) is 22.1 Å². The second kappa shape index (κ2) is 22.0. The summed E-state index contributed by atoms with van der Waals surface area (Å²) in [5.74, 6) is 1.77. The van der Waals surface area contributed by atoms with Crippen LogP contribution in [0.1, 0.15) is 66.9 Å². The summed E-state index contributed by atoms with van der Waals surface area (Å²) in [7, 11) is 2.11. The van der Waals surface area contributed by atoms with E-state index in [0.29, 0.717) is 55.4 Å². The molecule has 2 saturated heterocycles. The van der Waals surface area contributed by atoms with Crippen LogP contribution in [0.3, 0.4) is 0 Å². The van der Waals surface area contributed by atoms with Crippen molar-refractivity contribution >= 4 is 29.6 Å². The van der Waals surface area contributed by atoms with Gasteiger partial charge in [0.15, 0.2) is 0 Å². The normalized spacial score (nSPS) is 15.2. The number of hydrogen-bond acceptors (Lipinski definition) is 11. The van der Waals surface area contributed by atoms with Gasteiger partial charge in [-0.1, -0.05) is 32.9 Å². The number of nitrogens with one attached hydrogen (secondary N) is 1. The molecule has 3 heterocycles. The number of oxime groups is 1. The predicted octanol–water partition coefficient (Wildman–Crippen LogP) is 5.43. The molecule has 2 aromatic rings. The van der Waals surface area contributed by atoms with E-state index >= 15 is 0 Å². The predicted molar refractivity (Wildman–Crippen MR) is 174 cm³/mol. The zero-order valence-corrected chi connectivity index (χ0v) is 27.3. The third-order valence-electron chi connectivity index (χ3n) is 6.00. The molecule has 12 heteroatoms. The standard InChI is InChI=1S/C22H30N6O4.C5H11NO.2C2H6/c1-4-30-26-13-19-20(23)24-14-25-21(19)28-11-9-18(10-12-28)32-22(29)27-16-5-7-17(8-6-16)31-15(2)3;1-6-2-4-7-5-3-6;2*1-2/h5-8,13-15,18H,4,9-12H2,1-3H3,(H,27,29)(H2,23,24,25);2-5H2,1H3;2*1-2H3/b26-13+;;;. The highest BCUT2D eigenvalue weighted by molar-refractivity contribution is 5.91. The highest BCUT2D eigenvalue weighted by atomic mass is 16.6. The number of aromatic nitrogens is 2. The van der Waals surface area contributed by atoms with E-state index in [-0.39, 0.29) is 12.2 Å². The van der Waals surface area contributed by atoms with Crippen LogP contribution in [0, 0.1) is 0 Å². The van der Waals surface area contributed by atoms with Gasteiger partial charge in [-0.05, 0) is 52.1 Å². The molecule has 2 aliphatic heterocycles.